The molecule has 6 heteroatoms. The minimum atomic E-state index is 0. The molecule has 2 N–H and O–H groups in total. The monoisotopic (exact) mass is 434 g/mol. The zero-order valence-corrected chi connectivity index (χ0v) is 16.9. The highest BCUT2D eigenvalue weighted by molar-refractivity contribution is 14.0. The molecule has 0 aliphatic carbocycles. The standard InChI is InChI=1S/C17H30N4O.HI/c1-4-18-17(20-13-15-22-3)19-12-9-14-21(5-2)16-10-7-6-8-11-16;/h6-8,10-11H,4-5,9,12-15H2,1-3H3,(H2,18,19,20);1H. The van der Waals surface area contributed by atoms with Gasteiger partial charge in [-0.2, -0.15) is 0 Å². The molecular weight excluding hydrogens is 403 g/mol. The summed E-state index contributed by atoms with van der Waals surface area (Å²) >= 11 is 0. The summed E-state index contributed by atoms with van der Waals surface area (Å²) in [7, 11) is 1.70. The van der Waals surface area contributed by atoms with E-state index in [1.165, 1.54) is 5.69 Å². The number of guanidine groups is 1. The SMILES string of the molecule is CCNC(=NCCCN(CC)c1ccccc1)NCCOC.I. The predicted molar refractivity (Wildman–Crippen MR) is 110 cm³/mol. The van der Waals surface area contributed by atoms with E-state index in [0.717, 1.165) is 45.1 Å². The third kappa shape index (κ3) is 9.65. The van der Waals surface area contributed by atoms with E-state index in [1.807, 2.05) is 0 Å². The fraction of sp³-hybridized carbons (Fsp3) is 0.588. The molecule has 0 radical (unpaired) electrons. The average molecular weight is 434 g/mol. The molecule has 0 atom stereocenters. The number of hydrogen-bond acceptors (Lipinski definition) is 3. The molecule has 23 heavy (non-hydrogen) atoms. The van der Waals surface area contributed by atoms with E-state index in [1.54, 1.807) is 7.11 Å². The number of nitrogens with one attached hydrogen (secondary N) is 2. The van der Waals surface area contributed by atoms with Crippen LogP contribution < -0.4 is 15.5 Å². The van der Waals surface area contributed by atoms with Gasteiger partial charge in [-0.1, -0.05) is 18.2 Å². The van der Waals surface area contributed by atoms with Crippen molar-refractivity contribution in [1.82, 2.24) is 10.6 Å². The maximum Gasteiger partial charge on any atom is 0.191 e. The first-order valence-electron chi connectivity index (χ1n) is 8.12. The number of halogens is 1. The van der Waals surface area contributed by atoms with Gasteiger partial charge in [-0.05, 0) is 32.4 Å². The second kappa shape index (κ2) is 14.6. The lowest BCUT2D eigenvalue weighted by molar-refractivity contribution is 0.203. The third-order valence-electron chi connectivity index (χ3n) is 3.30. The summed E-state index contributed by atoms with van der Waals surface area (Å²) in [6.45, 7) is 9.42. The quantitative estimate of drug-likeness (QED) is 0.257. The van der Waals surface area contributed by atoms with E-state index >= 15 is 0 Å². The van der Waals surface area contributed by atoms with Gasteiger partial charge in [-0.15, -0.1) is 24.0 Å². The van der Waals surface area contributed by atoms with E-state index in [4.69, 9.17) is 4.74 Å². The number of benzene rings is 1. The van der Waals surface area contributed by atoms with Crippen molar-refractivity contribution < 1.29 is 4.74 Å². The van der Waals surface area contributed by atoms with E-state index in [0.29, 0.717) is 6.61 Å². The molecule has 0 aliphatic heterocycles. The molecule has 0 bridgehead atoms. The molecule has 0 saturated heterocycles. The van der Waals surface area contributed by atoms with Gasteiger partial charge >= 0.3 is 0 Å². The van der Waals surface area contributed by atoms with Crippen molar-refractivity contribution in [2.24, 2.45) is 4.99 Å². The summed E-state index contributed by atoms with van der Waals surface area (Å²) in [6.07, 6.45) is 1.03. The van der Waals surface area contributed by atoms with Crippen LogP contribution in [0, 0.1) is 0 Å². The molecule has 0 spiro atoms. The first-order chi connectivity index (χ1) is 10.8. The lowest BCUT2D eigenvalue weighted by atomic mass is 10.2. The predicted octanol–water partition coefficient (Wildman–Crippen LogP) is 2.72. The number of para-hydroxylation sites is 1. The first-order valence-corrected chi connectivity index (χ1v) is 8.12. The van der Waals surface area contributed by atoms with Gasteiger partial charge in [0.05, 0.1) is 6.61 Å². The van der Waals surface area contributed by atoms with E-state index in [9.17, 15) is 0 Å². The molecule has 1 aromatic rings. The van der Waals surface area contributed by atoms with Crippen LogP contribution in [0.25, 0.3) is 0 Å². The highest BCUT2D eigenvalue weighted by Crippen LogP contribution is 2.12. The number of methoxy groups -OCH3 is 1. The minimum absolute atomic E-state index is 0. The molecule has 5 nitrogen and oxygen atoms in total. The average Bonchev–Trinajstić information content (AvgIpc) is 2.56. The van der Waals surface area contributed by atoms with Gasteiger partial charge in [0.1, 0.15) is 0 Å². The second-order valence-electron chi connectivity index (χ2n) is 4.95. The Labute approximate surface area is 157 Å². The van der Waals surface area contributed by atoms with Crippen LogP contribution in [0.5, 0.6) is 0 Å². The van der Waals surface area contributed by atoms with Crippen molar-refractivity contribution in [2.45, 2.75) is 20.3 Å². The summed E-state index contributed by atoms with van der Waals surface area (Å²) in [4.78, 5) is 6.97. The minimum Gasteiger partial charge on any atom is -0.383 e. The van der Waals surface area contributed by atoms with Gasteiger partial charge < -0.3 is 20.3 Å². The van der Waals surface area contributed by atoms with Gasteiger partial charge in [0.25, 0.3) is 0 Å². The second-order valence-corrected chi connectivity index (χ2v) is 4.95. The summed E-state index contributed by atoms with van der Waals surface area (Å²) < 4.78 is 5.04. The maximum absolute atomic E-state index is 5.04. The van der Waals surface area contributed by atoms with Gasteiger partial charge in [0.2, 0.25) is 0 Å². The largest absolute Gasteiger partial charge is 0.383 e. The highest BCUT2D eigenvalue weighted by Gasteiger charge is 2.02. The van der Waals surface area contributed by atoms with Crippen molar-refractivity contribution in [1.29, 1.82) is 0 Å². The summed E-state index contributed by atoms with van der Waals surface area (Å²) in [5.41, 5.74) is 1.28. The molecule has 0 aliphatic rings. The van der Waals surface area contributed by atoms with Gasteiger partial charge in [-0.3, -0.25) is 4.99 Å². The summed E-state index contributed by atoms with van der Waals surface area (Å²) in [5, 5.41) is 6.50. The molecule has 0 unspecified atom stereocenters. The van der Waals surface area contributed by atoms with Crippen LogP contribution in [-0.2, 0) is 4.74 Å². The van der Waals surface area contributed by atoms with Gasteiger partial charge in [0, 0.05) is 45.5 Å². The summed E-state index contributed by atoms with van der Waals surface area (Å²) in [6, 6.07) is 10.5. The zero-order valence-electron chi connectivity index (χ0n) is 14.5. The molecule has 0 aromatic heterocycles. The highest BCUT2D eigenvalue weighted by atomic mass is 127. The zero-order chi connectivity index (χ0) is 16.0. The topological polar surface area (TPSA) is 48.9 Å². The van der Waals surface area contributed by atoms with Gasteiger partial charge in [0.15, 0.2) is 5.96 Å². The molecule has 0 amide bonds. The Hall–Kier alpha value is -1.02. The van der Waals surface area contributed by atoms with E-state index < -0.39 is 0 Å². The number of hydrogen-bond donors (Lipinski definition) is 2. The van der Waals surface area contributed by atoms with Crippen LogP contribution in [0.1, 0.15) is 20.3 Å². The van der Waals surface area contributed by atoms with Crippen molar-refractivity contribution in [2.75, 3.05) is 51.3 Å². The smallest absolute Gasteiger partial charge is 0.191 e. The van der Waals surface area contributed by atoms with Gasteiger partial charge in [-0.25, -0.2) is 0 Å². The molecule has 0 heterocycles. The molecule has 1 rings (SSSR count). The lowest BCUT2D eigenvalue weighted by Crippen LogP contribution is -2.39. The number of rotatable bonds is 10. The van der Waals surface area contributed by atoms with E-state index in [2.05, 4.69) is 64.7 Å². The Kier molecular flexibility index (Phi) is 13.9. The Morgan fingerprint density at radius 3 is 2.52 bits per heavy atom. The number of anilines is 1. The lowest BCUT2D eigenvalue weighted by Gasteiger charge is -2.22. The summed E-state index contributed by atoms with van der Waals surface area (Å²) in [5.74, 6) is 0.863. The molecule has 0 fully saturated rings. The fourth-order valence-corrected chi connectivity index (χ4v) is 2.17. The molecular formula is C17H31IN4O. The molecule has 132 valence electrons. The maximum atomic E-state index is 5.04. The van der Waals surface area contributed by atoms with Crippen LogP contribution in [-0.4, -0.2) is 52.4 Å². The van der Waals surface area contributed by atoms with Crippen molar-refractivity contribution >= 4 is 35.6 Å². The van der Waals surface area contributed by atoms with Crippen LogP contribution >= 0.6 is 24.0 Å². The van der Waals surface area contributed by atoms with Crippen molar-refractivity contribution in [3.05, 3.63) is 30.3 Å². The molecule has 0 saturated carbocycles. The Morgan fingerprint density at radius 2 is 1.91 bits per heavy atom. The van der Waals surface area contributed by atoms with Crippen LogP contribution in [0.15, 0.2) is 35.3 Å². The van der Waals surface area contributed by atoms with Crippen LogP contribution in [0.2, 0.25) is 0 Å². The van der Waals surface area contributed by atoms with Crippen molar-refractivity contribution in [3.63, 3.8) is 0 Å². The Morgan fingerprint density at radius 1 is 1.17 bits per heavy atom. The number of aliphatic imine (C=N–C) groups is 1. The normalized spacial score (nSPS) is 10.8. The van der Waals surface area contributed by atoms with Crippen LogP contribution in [0.3, 0.4) is 0 Å². The number of nitrogens with zero attached hydrogens (tertiary/aromatic N) is 2. The van der Waals surface area contributed by atoms with E-state index in [-0.39, 0.29) is 24.0 Å². The Balaban J connectivity index is 0.00000484. The Bertz CT molecular complexity index is 414. The van der Waals surface area contributed by atoms with Crippen LogP contribution in [0.4, 0.5) is 5.69 Å². The van der Waals surface area contributed by atoms with Crippen molar-refractivity contribution in [3.8, 4) is 0 Å². The molecule has 1 aromatic carbocycles. The fourth-order valence-electron chi connectivity index (χ4n) is 2.17. The number of ether oxygens (including phenoxy) is 1. The third-order valence-corrected chi connectivity index (χ3v) is 3.30. The first kappa shape index (κ1) is 22.0.